The van der Waals surface area contributed by atoms with Crippen LogP contribution in [0.4, 0.5) is 0 Å². The molecule has 0 spiro atoms. The molecular formula is C14H15BrClNO. The van der Waals surface area contributed by atoms with Crippen molar-refractivity contribution in [2.45, 2.75) is 19.4 Å². The molecular weight excluding hydrogens is 314 g/mol. The first-order valence-corrected chi connectivity index (χ1v) is 7.08. The van der Waals surface area contributed by atoms with E-state index >= 15 is 0 Å². The average molecular weight is 329 g/mol. The van der Waals surface area contributed by atoms with Gasteiger partial charge in [0.2, 0.25) is 0 Å². The third-order valence-corrected chi connectivity index (χ3v) is 3.68. The first-order valence-electron chi connectivity index (χ1n) is 5.91. The second-order valence-corrected chi connectivity index (χ2v) is 5.25. The number of hydrogen-bond acceptors (Lipinski definition) is 2. The van der Waals surface area contributed by atoms with Gasteiger partial charge in [-0.3, -0.25) is 0 Å². The normalized spacial score (nSPS) is 12.6. The highest BCUT2D eigenvalue weighted by atomic mass is 79.9. The van der Waals surface area contributed by atoms with E-state index in [1.165, 1.54) is 5.56 Å². The number of halogens is 2. The van der Waals surface area contributed by atoms with Crippen LogP contribution < -0.4 is 5.32 Å². The van der Waals surface area contributed by atoms with Crippen LogP contribution in [0.3, 0.4) is 0 Å². The minimum atomic E-state index is 0.224. The molecule has 0 aliphatic heterocycles. The summed E-state index contributed by atoms with van der Waals surface area (Å²) in [6, 6.07) is 10.2. The molecule has 1 aromatic heterocycles. The highest BCUT2D eigenvalue weighted by Gasteiger charge is 2.16. The van der Waals surface area contributed by atoms with Crippen molar-refractivity contribution in [3.63, 3.8) is 0 Å². The Labute approximate surface area is 120 Å². The third-order valence-electron chi connectivity index (χ3n) is 2.80. The lowest BCUT2D eigenvalue weighted by Crippen LogP contribution is -2.22. The molecule has 18 heavy (non-hydrogen) atoms. The molecule has 2 rings (SSSR count). The van der Waals surface area contributed by atoms with Gasteiger partial charge in [0.05, 0.1) is 6.26 Å². The monoisotopic (exact) mass is 327 g/mol. The van der Waals surface area contributed by atoms with Gasteiger partial charge in [-0.25, -0.2) is 0 Å². The summed E-state index contributed by atoms with van der Waals surface area (Å²) in [6.45, 7) is 3.00. The van der Waals surface area contributed by atoms with E-state index in [0.717, 1.165) is 28.2 Å². The molecule has 1 unspecified atom stereocenters. The Balaban J connectivity index is 2.19. The molecule has 96 valence electrons. The van der Waals surface area contributed by atoms with E-state index in [0.29, 0.717) is 0 Å². The van der Waals surface area contributed by atoms with E-state index in [2.05, 4.69) is 34.2 Å². The molecule has 0 fully saturated rings. The lowest BCUT2D eigenvalue weighted by atomic mass is 10.0. The van der Waals surface area contributed by atoms with E-state index in [-0.39, 0.29) is 6.04 Å². The lowest BCUT2D eigenvalue weighted by molar-refractivity contribution is 0.506. The zero-order valence-electron chi connectivity index (χ0n) is 10.1. The van der Waals surface area contributed by atoms with E-state index in [1.54, 1.807) is 6.26 Å². The fourth-order valence-electron chi connectivity index (χ4n) is 1.99. The van der Waals surface area contributed by atoms with Crippen LogP contribution >= 0.6 is 27.5 Å². The van der Waals surface area contributed by atoms with Crippen LogP contribution in [-0.4, -0.2) is 6.54 Å². The maximum atomic E-state index is 6.01. The largest absolute Gasteiger partial charge is 0.457 e. The zero-order valence-corrected chi connectivity index (χ0v) is 12.5. The van der Waals surface area contributed by atoms with Crippen molar-refractivity contribution in [1.29, 1.82) is 0 Å². The Morgan fingerprint density at radius 2 is 2.22 bits per heavy atom. The highest BCUT2D eigenvalue weighted by molar-refractivity contribution is 9.10. The molecule has 1 atom stereocenters. The van der Waals surface area contributed by atoms with Crippen molar-refractivity contribution in [3.05, 3.63) is 57.4 Å². The molecule has 0 aliphatic rings. The van der Waals surface area contributed by atoms with Crippen LogP contribution in [0.15, 0.2) is 45.7 Å². The van der Waals surface area contributed by atoms with E-state index in [1.807, 2.05) is 24.3 Å². The molecule has 2 aromatic rings. The van der Waals surface area contributed by atoms with Crippen LogP contribution in [0.5, 0.6) is 0 Å². The predicted octanol–water partition coefficient (Wildman–Crippen LogP) is 4.59. The predicted molar refractivity (Wildman–Crippen MR) is 78.0 cm³/mol. The summed E-state index contributed by atoms with van der Waals surface area (Å²) in [5, 5.41) is 4.23. The number of hydrogen-bond donors (Lipinski definition) is 1. The molecule has 4 heteroatoms. The fraction of sp³-hybridized carbons (Fsp3) is 0.286. The Kier molecular flexibility index (Phi) is 4.87. The van der Waals surface area contributed by atoms with Gasteiger partial charge in [-0.2, -0.15) is 0 Å². The molecule has 1 heterocycles. The molecule has 2 nitrogen and oxygen atoms in total. The third kappa shape index (κ3) is 3.37. The molecule has 0 radical (unpaired) electrons. The van der Waals surface area contributed by atoms with Crippen LogP contribution in [-0.2, 0) is 6.42 Å². The van der Waals surface area contributed by atoms with Crippen LogP contribution in [0.1, 0.15) is 24.1 Å². The van der Waals surface area contributed by atoms with Crippen LogP contribution in [0, 0.1) is 0 Å². The number of benzene rings is 1. The number of likely N-dealkylation sites (N-methyl/N-ethyl adjacent to an activating group) is 1. The lowest BCUT2D eigenvalue weighted by Gasteiger charge is -2.17. The maximum absolute atomic E-state index is 6.01. The van der Waals surface area contributed by atoms with Gasteiger partial charge in [-0.1, -0.05) is 30.7 Å². The SMILES string of the molecule is CCNC(Cc1cccc(Cl)c1)c1ccoc1Br. The van der Waals surface area contributed by atoms with Crippen LogP contribution in [0.2, 0.25) is 5.02 Å². The summed E-state index contributed by atoms with van der Waals surface area (Å²) in [4.78, 5) is 0. The highest BCUT2D eigenvalue weighted by Crippen LogP contribution is 2.27. The molecule has 0 saturated heterocycles. The van der Waals surface area contributed by atoms with Gasteiger partial charge >= 0.3 is 0 Å². The summed E-state index contributed by atoms with van der Waals surface area (Å²) in [5.74, 6) is 0. The topological polar surface area (TPSA) is 25.2 Å². The first kappa shape index (κ1) is 13.7. The van der Waals surface area contributed by atoms with E-state index in [4.69, 9.17) is 16.0 Å². The Hall–Kier alpha value is -0.770. The van der Waals surface area contributed by atoms with Crippen LogP contribution in [0.25, 0.3) is 0 Å². The van der Waals surface area contributed by atoms with Crippen molar-refractivity contribution in [2.24, 2.45) is 0 Å². The maximum Gasteiger partial charge on any atom is 0.173 e. The number of rotatable bonds is 5. The number of furan rings is 1. The second kappa shape index (κ2) is 6.41. The van der Waals surface area contributed by atoms with Gasteiger partial charge in [-0.15, -0.1) is 0 Å². The van der Waals surface area contributed by atoms with E-state index < -0.39 is 0 Å². The minimum Gasteiger partial charge on any atom is -0.457 e. The Morgan fingerprint density at radius 3 is 2.83 bits per heavy atom. The van der Waals surface area contributed by atoms with Gasteiger partial charge < -0.3 is 9.73 Å². The summed E-state index contributed by atoms with van der Waals surface area (Å²) in [7, 11) is 0. The van der Waals surface area contributed by atoms with Crippen molar-refractivity contribution >= 4 is 27.5 Å². The molecule has 0 amide bonds. The van der Waals surface area contributed by atoms with Crippen molar-refractivity contribution in [1.82, 2.24) is 5.32 Å². The van der Waals surface area contributed by atoms with Gasteiger partial charge in [0.1, 0.15) is 0 Å². The quantitative estimate of drug-likeness (QED) is 0.868. The molecule has 0 bridgehead atoms. The molecule has 0 saturated carbocycles. The summed E-state index contributed by atoms with van der Waals surface area (Å²) in [5.41, 5.74) is 2.35. The summed E-state index contributed by atoms with van der Waals surface area (Å²) < 4.78 is 6.09. The first-order chi connectivity index (χ1) is 8.70. The molecule has 0 aliphatic carbocycles. The Bertz CT molecular complexity index is 512. The molecule has 1 aromatic carbocycles. The van der Waals surface area contributed by atoms with Gasteiger partial charge in [0.25, 0.3) is 0 Å². The van der Waals surface area contributed by atoms with Crippen molar-refractivity contribution < 1.29 is 4.42 Å². The van der Waals surface area contributed by atoms with Gasteiger partial charge in [0.15, 0.2) is 4.67 Å². The van der Waals surface area contributed by atoms with E-state index in [9.17, 15) is 0 Å². The molecule has 1 N–H and O–H groups in total. The fourth-order valence-corrected chi connectivity index (χ4v) is 2.72. The minimum absolute atomic E-state index is 0.224. The Morgan fingerprint density at radius 1 is 1.39 bits per heavy atom. The second-order valence-electron chi connectivity index (χ2n) is 4.09. The summed E-state index contributed by atoms with van der Waals surface area (Å²) >= 11 is 9.45. The zero-order chi connectivity index (χ0) is 13.0. The van der Waals surface area contributed by atoms with Crippen molar-refractivity contribution in [3.8, 4) is 0 Å². The van der Waals surface area contributed by atoms with Gasteiger partial charge in [-0.05, 0) is 52.7 Å². The van der Waals surface area contributed by atoms with Gasteiger partial charge in [0, 0.05) is 16.6 Å². The van der Waals surface area contributed by atoms with Crippen molar-refractivity contribution in [2.75, 3.05) is 6.54 Å². The standard InChI is InChI=1S/C14H15BrClNO/c1-2-17-13(12-6-7-18-14(12)15)9-10-4-3-5-11(16)8-10/h3-8,13,17H,2,9H2,1H3. The number of nitrogens with one attached hydrogen (secondary N) is 1. The smallest absolute Gasteiger partial charge is 0.173 e. The average Bonchev–Trinajstić information content (AvgIpc) is 2.75. The summed E-state index contributed by atoms with van der Waals surface area (Å²) in [6.07, 6.45) is 2.58.